The van der Waals surface area contributed by atoms with E-state index < -0.39 is 0 Å². The molecular formula is C14H15N3O2S. The highest BCUT2D eigenvalue weighted by atomic mass is 32.1. The van der Waals surface area contributed by atoms with Crippen molar-refractivity contribution in [2.45, 2.75) is 18.9 Å². The van der Waals surface area contributed by atoms with Gasteiger partial charge in [0.05, 0.1) is 18.2 Å². The predicted molar refractivity (Wildman–Crippen MR) is 76.3 cm³/mol. The number of nitrogens with zero attached hydrogens (tertiary/aromatic N) is 3. The lowest BCUT2D eigenvalue weighted by molar-refractivity contribution is -0.129. The normalized spacial score (nSPS) is 18.4. The van der Waals surface area contributed by atoms with Gasteiger partial charge < -0.3 is 10.0 Å². The van der Waals surface area contributed by atoms with Gasteiger partial charge in [-0.05, 0) is 18.6 Å². The molecule has 1 N–H and O–H groups in total. The van der Waals surface area contributed by atoms with Crippen LogP contribution in [-0.4, -0.2) is 45.1 Å². The summed E-state index contributed by atoms with van der Waals surface area (Å²) < 4.78 is 0. The van der Waals surface area contributed by atoms with Gasteiger partial charge in [0.25, 0.3) is 0 Å². The first-order valence-electron chi connectivity index (χ1n) is 6.53. The van der Waals surface area contributed by atoms with Crippen molar-refractivity contribution in [2.75, 3.05) is 13.1 Å². The van der Waals surface area contributed by atoms with Crippen LogP contribution in [-0.2, 0) is 11.2 Å². The maximum absolute atomic E-state index is 12.1. The van der Waals surface area contributed by atoms with Crippen molar-refractivity contribution in [1.82, 2.24) is 14.9 Å². The second kappa shape index (κ2) is 5.68. The number of hydrogen-bond donors (Lipinski definition) is 1. The third-order valence-corrected chi connectivity index (χ3v) is 4.25. The molecule has 20 heavy (non-hydrogen) atoms. The molecule has 0 radical (unpaired) electrons. The highest BCUT2D eigenvalue weighted by molar-refractivity contribution is 7.13. The van der Waals surface area contributed by atoms with Gasteiger partial charge in [0.2, 0.25) is 5.91 Å². The van der Waals surface area contributed by atoms with Gasteiger partial charge in [0, 0.05) is 36.4 Å². The summed E-state index contributed by atoms with van der Waals surface area (Å²) in [5, 5.41) is 12.2. The Hall–Kier alpha value is -1.79. The monoisotopic (exact) mass is 289 g/mol. The number of carbonyl (C=O) groups is 1. The Bertz CT molecular complexity index is 599. The van der Waals surface area contributed by atoms with Crippen molar-refractivity contribution in [2.24, 2.45) is 0 Å². The van der Waals surface area contributed by atoms with E-state index >= 15 is 0 Å². The summed E-state index contributed by atoms with van der Waals surface area (Å²) in [6, 6.07) is 3.82. The van der Waals surface area contributed by atoms with Crippen LogP contribution in [0, 0.1) is 0 Å². The third kappa shape index (κ3) is 2.86. The molecule has 1 aliphatic rings. The molecule has 104 valence electrons. The summed E-state index contributed by atoms with van der Waals surface area (Å²) in [4.78, 5) is 22.3. The molecule has 0 unspecified atom stereocenters. The topological polar surface area (TPSA) is 66.3 Å². The average Bonchev–Trinajstić information content (AvgIpc) is 3.09. The summed E-state index contributed by atoms with van der Waals surface area (Å²) in [5.41, 5.74) is 1.74. The zero-order valence-electron chi connectivity index (χ0n) is 10.9. The number of β-amino-alcohol motifs (C(OH)–C–C–N with tert-alkyl or cyclic N) is 1. The zero-order chi connectivity index (χ0) is 13.9. The molecule has 2 aromatic heterocycles. The van der Waals surface area contributed by atoms with E-state index in [4.69, 9.17) is 0 Å². The minimum absolute atomic E-state index is 0.0320. The SMILES string of the molecule is O=C(Cc1csc(-c2cccnc2)n1)N1CC[C@@H](O)C1. The van der Waals surface area contributed by atoms with Crippen LogP contribution in [0.1, 0.15) is 12.1 Å². The van der Waals surface area contributed by atoms with Crippen LogP contribution >= 0.6 is 11.3 Å². The summed E-state index contributed by atoms with van der Waals surface area (Å²) in [6.07, 6.45) is 4.08. The van der Waals surface area contributed by atoms with E-state index in [1.165, 1.54) is 11.3 Å². The lowest BCUT2D eigenvalue weighted by Gasteiger charge is -2.14. The molecule has 1 atom stereocenters. The molecule has 6 heteroatoms. The summed E-state index contributed by atoms with van der Waals surface area (Å²) in [7, 11) is 0. The fourth-order valence-electron chi connectivity index (χ4n) is 2.25. The summed E-state index contributed by atoms with van der Waals surface area (Å²) in [6.45, 7) is 1.08. The van der Waals surface area contributed by atoms with Crippen molar-refractivity contribution >= 4 is 17.2 Å². The Balaban J connectivity index is 1.67. The Morgan fingerprint density at radius 3 is 3.15 bits per heavy atom. The quantitative estimate of drug-likeness (QED) is 0.926. The van der Waals surface area contributed by atoms with E-state index in [1.807, 2.05) is 17.5 Å². The molecule has 1 aliphatic heterocycles. The molecule has 5 nitrogen and oxygen atoms in total. The first-order chi connectivity index (χ1) is 9.72. The molecule has 0 spiro atoms. The average molecular weight is 289 g/mol. The molecule has 1 fully saturated rings. The number of pyridine rings is 1. The molecule has 2 aromatic rings. The van der Waals surface area contributed by atoms with Gasteiger partial charge in [-0.2, -0.15) is 0 Å². The lowest BCUT2D eigenvalue weighted by atomic mass is 10.3. The number of aromatic nitrogens is 2. The summed E-state index contributed by atoms with van der Waals surface area (Å²) in [5.74, 6) is 0.0320. The Labute approximate surface area is 120 Å². The molecule has 0 aliphatic carbocycles. The first-order valence-corrected chi connectivity index (χ1v) is 7.41. The van der Waals surface area contributed by atoms with Crippen molar-refractivity contribution in [3.63, 3.8) is 0 Å². The fraction of sp³-hybridized carbons (Fsp3) is 0.357. The van der Waals surface area contributed by atoms with Gasteiger partial charge in [0.1, 0.15) is 5.01 Å². The molecule has 0 saturated carbocycles. The van der Waals surface area contributed by atoms with Gasteiger partial charge in [-0.1, -0.05) is 0 Å². The fourth-order valence-corrected chi connectivity index (χ4v) is 3.06. The summed E-state index contributed by atoms with van der Waals surface area (Å²) >= 11 is 1.52. The largest absolute Gasteiger partial charge is 0.391 e. The smallest absolute Gasteiger partial charge is 0.228 e. The van der Waals surface area contributed by atoms with E-state index in [-0.39, 0.29) is 12.0 Å². The zero-order valence-corrected chi connectivity index (χ0v) is 11.7. The van der Waals surface area contributed by atoms with Crippen molar-refractivity contribution < 1.29 is 9.90 Å². The van der Waals surface area contributed by atoms with Gasteiger partial charge >= 0.3 is 0 Å². The number of aliphatic hydroxyl groups is 1. The van der Waals surface area contributed by atoms with Gasteiger partial charge in [-0.25, -0.2) is 4.98 Å². The number of likely N-dealkylation sites (tertiary alicyclic amines) is 1. The van der Waals surface area contributed by atoms with Crippen LogP contribution in [0.2, 0.25) is 0 Å². The third-order valence-electron chi connectivity index (χ3n) is 3.31. The number of rotatable bonds is 3. The number of hydrogen-bond acceptors (Lipinski definition) is 5. The molecule has 0 aromatic carbocycles. The van der Waals surface area contributed by atoms with E-state index in [2.05, 4.69) is 9.97 Å². The standard InChI is InChI=1S/C14H15N3O2S/c18-12-3-5-17(8-12)13(19)6-11-9-20-14(16-11)10-2-1-4-15-7-10/h1-2,4,7,9,12,18H,3,5-6,8H2/t12-/m1/s1. The molecule has 0 bridgehead atoms. The van der Waals surface area contributed by atoms with Gasteiger partial charge in [-0.3, -0.25) is 9.78 Å². The van der Waals surface area contributed by atoms with Crippen molar-refractivity contribution in [3.8, 4) is 10.6 Å². The van der Waals surface area contributed by atoms with Gasteiger partial charge in [0.15, 0.2) is 0 Å². The number of amides is 1. The highest BCUT2D eigenvalue weighted by Crippen LogP contribution is 2.23. The highest BCUT2D eigenvalue weighted by Gasteiger charge is 2.24. The predicted octanol–water partition coefficient (Wildman–Crippen LogP) is 1.34. The minimum atomic E-state index is -0.375. The van der Waals surface area contributed by atoms with Gasteiger partial charge in [-0.15, -0.1) is 11.3 Å². The van der Waals surface area contributed by atoms with Crippen LogP contribution in [0.5, 0.6) is 0 Å². The Kier molecular flexibility index (Phi) is 3.75. The molecule has 1 amide bonds. The number of aliphatic hydroxyl groups excluding tert-OH is 1. The lowest BCUT2D eigenvalue weighted by Crippen LogP contribution is -2.30. The maximum atomic E-state index is 12.1. The molecule has 3 rings (SSSR count). The van der Waals surface area contributed by atoms with E-state index in [9.17, 15) is 9.90 Å². The van der Waals surface area contributed by atoms with Crippen molar-refractivity contribution in [1.29, 1.82) is 0 Å². The first kappa shape index (κ1) is 13.2. The van der Waals surface area contributed by atoms with Crippen LogP contribution < -0.4 is 0 Å². The Morgan fingerprint density at radius 2 is 2.45 bits per heavy atom. The minimum Gasteiger partial charge on any atom is -0.391 e. The van der Waals surface area contributed by atoms with Crippen LogP contribution in [0.4, 0.5) is 0 Å². The van der Waals surface area contributed by atoms with E-state index in [0.29, 0.717) is 25.9 Å². The van der Waals surface area contributed by atoms with E-state index in [1.54, 1.807) is 17.3 Å². The van der Waals surface area contributed by atoms with Crippen LogP contribution in [0.25, 0.3) is 10.6 Å². The second-order valence-electron chi connectivity index (χ2n) is 4.84. The molecule has 3 heterocycles. The molecular weight excluding hydrogens is 274 g/mol. The number of thiazole rings is 1. The van der Waals surface area contributed by atoms with Crippen molar-refractivity contribution in [3.05, 3.63) is 35.6 Å². The molecule has 1 saturated heterocycles. The van der Waals surface area contributed by atoms with Crippen LogP contribution in [0.15, 0.2) is 29.9 Å². The van der Waals surface area contributed by atoms with Crippen LogP contribution in [0.3, 0.4) is 0 Å². The maximum Gasteiger partial charge on any atom is 0.228 e. The number of carbonyl (C=O) groups excluding carboxylic acids is 1. The Morgan fingerprint density at radius 1 is 1.55 bits per heavy atom. The van der Waals surface area contributed by atoms with E-state index in [0.717, 1.165) is 16.3 Å². The second-order valence-corrected chi connectivity index (χ2v) is 5.70.